The molecule has 0 atom stereocenters. The van der Waals surface area contributed by atoms with Gasteiger partial charge in [-0.05, 0) is 12.8 Å². The molecule has 13 heavy (non-hydrogen) atoms. The van der Waals surface area contributed by atoms with Crippen LogP contribution in [0.4, 0.5) is 0 Å². The van der Waals surface area contributed by atoms with Crippen LogP contribution in [0.1, 0.15) is 19.3 Å². The van der Waals surface area contributed by atoms with Crippen molar-refractivity contribution in [2.75, 3.05) is 13.1 Å². The largest absolute Gasteiger partial charge is 0.480 e. The van der Waals surface area contributed by atoms with Crippen molar-refractivity contribution in [3.8, 4) is 0 Å². The summed E-state index contributed by atoms with van der Waals surface area (Å²) in [4.78, 5) is 23.2. The molecule has 1 aliphatic rings. The van der Waals surface area contributed by atoms with E-state index in [0.29, 0.717) is 0 Å². The third-order valence-electron chi connectivity index (χ3n) is 1.97. The van der Waals surface area contributed by atoms with E-state index in [1.807, 2.05) is 0 Å². The molecular formula is C8H14N2O3. The minimum absolute atomic E-state index is 0.146. The Morgan fingerprint density at radius 2 is 2.08 bits per heavy atom. The van der Waals surface area contributed by atoms with Crippen molar-refractivity contribution in [1.29, 1.82) is 0 Å². The van der Waals surface area contributed by atoms with Gasteiger partial charge in [-0.2, -0.15) is 0 Å². The molecule has 0 aromatic carbocycles. The van der Waals surface area contributed by atoms with Gasteiger partial charge >= 0.3 is 5.97 Å². The number of hydrogen-bond acceptors (Lipinski definition) is 3. The number of carboxylic acids is 1. The molecule has 1 amide bonds. The molecule has 0 aromatic rings. The molecule has 0 saturated heterocycles. The summed E-state index contributed by atoms with van der Waals surface area (Å²) in [5.74, 6) is -1.11. The van der Waals surface area contributed by atoms with E-state index in [1.165, 1.54) is 4.90 Å². The zero-order valence-corrected chi connectivity index (χ0v) is 7.40. The van der Waals surface area contributed by atoms with Crippen molar-refractivity contribution in [2.24, 2.45) is 5.73 Å². The maximum atomic E-state index is 11.3. The lowest BCUT2D eigenvalue weighted by Crippen LogP contribution is -2.38. The average Bonchev–Trinajstić information content (AvgIpc) is 2.82. The van der Waals surface area contributed by atoms with E-state index in [9.17, 15) is 9.59 Å². The van der Waals surface area contributed by atoms with Crippen LogP contribution in [0.2, 0.25) is 0 Å². The monoisotopic (exact) mass is 186 g/mol. The Morgan fingerprint density at radius 1 is 1.46 bits per heavy atom. The van der Waals surface area contributed by atoms with E-state index in [2.05, 4.69) is 0 Å². The Kier molecular flexibility index (Phi) is 3.25. The quantitative estimate of drug-likeness (QED) is 0.601. The molecule has 0 spiro atoms. The second kappa shape index (κ2) is 4.23. The third kappa shape index (κ3) is 3.02. The zero-order chi connectivity index (χ0) is 9.84. The molecule has 74 valence electrons. The zero-order valence-electron chi connectivity index (χ0n) is 7.40. The Bertz CT molecular complexity index is 213. The molecule has 3 N–H and O–H groups in total. The van der Waals surface area contributed by atoms with Gasteiger partial charge in [-0.15, -0.1) is 0 Å². The molecule has 5 nitrogen and oxygen atoms in total. The van der Waals surface area contributed by atoms with Crippen LogP contribution in [0, 0.1) is 0 Å². The fourth-order valence-corrected chi connectivity index (χ4v) is 1.22. The van der Waals surface area contributed by atoms with Crippen LogP contribution in [0.15, 0.2) is 0 Å². The third-order valence-corrected chi connectivity index (χ3v) is 1.97. The van der Waals surface area contributed by atoms with Crippen molar-refractivity contribution < 1.29 is 14.7 Å². The summed E-state index contributed by atoms with van der Waals surface area (Å²) >= 11 is 0. The molecule has 1 aliphatic carbocycles. The van der Waals surface area contributed by atoms with Crippen molar-refractivity contribution >= 4 is 11.9 Å². The van der Waals surface area contributed by atoms with Gasteiger partial charge in [0.05, 0.1) is 0 Å². The highest BCUT2D eigenvalue weighted by molar-refractivity contribution is 5.82. The van der Waals surface area contributed by atoms with Crippen molar-refractivity contribution in [2.45, 2.75) is 25.3 Å². The van der Waals surface area contributed by atoms with Crippen LogP contribution < -0.4 is 5.73 Å². The first kappa shape index (κ1) is 9.98. The van der Waals surface area contributed by atoms with Gasteiger partial charge in [-0.25, -0.2) is 0 Å². The first-order valence-corrected chi connectivity index (χ1v) is 4.36. The van der Waals surface area contributed by atoms with Gasteiger partial charge in [-0.3, -0.25) is 9.59 Å². The van der Waals surface area contributed by atoms with Gasteiger partial charge in [0.25, 0.3) is 0 Å². The van der Waals surface area contributed by atoms with Crippen molar-refractivity contribution in [3.05, 3.63) is 0 Å². The van der Waals surface area contributed by atoms with Gasteiger partial charge in [0.1, 0.15) is 6.54 Å². The Labute approximate surface area is 76.5 Å². The smallest absolute Gasteiger partial charge is 0.323 e. The minimum Gasteiger partial charge on any atom is -0.480 e. The second-order valence-electron chi connectivity index (χ2n) is 3.19. The summed E-state index contributed by atoms with van der Waals surface area (Å²) in [6.45, 7) is 0.0885. The predicted octanol–water partition coefficient (Wildman–Crippen LogP) is -0.589. The fourth-order valence-electron chi connectivity index (χ4n) is 1.22. The van der Waals surface area contributed by atoms with Gasteiger partial charge in [-0.1, -0.05) is 0 Å². The van der Waals surface area contributed by atoms with Gasteiger partial charge < -0.3 is 15.7 Å². The molecular weight excluding hydrogens is 172 g/mol. The SMILES string of the molecule is NCCC(=O)N(CC(=O)O)C1CC1. The number of carbonyl (C=O) groups is 2. The number of nitrogens with zero attached hydrogens (tertiary/aromatic N) is 1. The van der Waals surface area contributed by atoms with Crippen LogP contribution in [-0.2, 0) is 9.59 Å². The summed E-state index contributed by atoms with van der Waals surface area (Å²) in [5.41, 5.74) is 5.22. The molecule has 1 saturated carbocycles. The number of amides is 1. The number of hydrogen-bond donors (Lipinski definition) is 2. The van der Waals surface area contributed by atoms with Crippen LogP contribution >= 0.6 is 0 Å². The van der Waals surface area contributed by atoms with Crippen LogP contribution in [0.5, 0.6) is 0 Å². The molecule has 5 heteroatoms. The molecule has 0 aliphatic heterocycles. The van der Waals surface area contributed by atoms with E-state index in [1.54, 1.807) is 0 Å². The van der Waals surface area contributed by atoms with E-state index in [-0.39, 0.29) is 31.5 Å². The van der Waals surface area contributed by atoms with Crippen molar-refractivity contribution in [1.82, 2.24) is 4.90 Å². The van der Waals surface area contributed by atoms with E-state index < -0.39 is 5.97 Å². The number of rotatable bonds is 5. The molecule has 1 rings (SSSR count). The van der Waals surface area contributed by atoms with Crippen LogP contribution in [0.25, 0.3) is 0 Å². The average molecular weight is 186 g/mol. The van der Waals surface area contributed by atoms with Gasteiger partial charge in [0, 0.05) is 19.0 Å². The number of carbonyl (C=O) groups excluding carboxylic acids is 1. The molecule has 0 aromatic heterocycles. The van der Waals surface area contributed by atoms with Gasteiger partial charge in [0.15, 0.2) is 0 Å². The topological polar surface area (TPSA) is 83.6 Å². The van der Waals surface area contributed by atoms with Gasteiger partial charge in [0.2, 0.25) is 5.91 Å². The van der Waals surface area contributed by atoms with E-state index in [0.717, 1.165) is 12.8 Å². The van der Waals surface area contributed by atoms with Crippen LogP contribution in [-0.4, -0.2) is 41.0 Å². The summed E-state index contributed by atoms with van der Waals surface area (Å²) in [6.07, 6.45) is 2.08. The summed E-state index contributed by atoms with van der Waals surface area (Å²) < 4.78 is 0. The number of nitrogens with two attached hydrogens (primary N) is 1. The molecule has 0 bridgehead atoms. The minimum atomic E-state index is -0.961. The molecule has 0 heterocycles. The standard InChI is InChI=1S/C8H14N2O3/c9-4-3-7(11)10(5-8(12)13)6-1-2-6/h6H,1-5,9H2,(H,12,13). The first-order chi connectivity index (χ1) is 6.15. The fraction of sp³-hybridized carbons (Fsp3) is 0.750. The highest BCUT2D eigenvalue weighted by Gasteiger charge is 2.33. The van der Waals surface area contributed by atoms with E-state index >= 15 is 0 Å². The molecule has 0 radical (unpaired) electrons. The molecule has 1 fully saturated rings. The highest BCUT2D eigenvalue weighted by Crippen LogP contribution is 2.26. The Morgan fingerprint density at radius 3 is 2.46 bits per heavy atom. The summed E-state index contributed by atoms with van der Waals surface area (Å²) in [5, 5.41) is 8.55. The lowest BCUT2D eigenvalue weighted by molar-refractivity contribution is -0.144. The first-order valence-electron chi connectivity index (χ1n) is 4.36. The normalized spacial score (nSPS) is 15.5. The lowest BCUT2D eigenvalue weighted by Gasteiger charge is -2.19. The highest BCUT2D eigenvalue weighted by atomic mass is 16.4. The Hall–Kier alpha value is -1.10. The van der Waals surface area contributed by atoms with Crippen molar-refractivity contribution in [3.63, 3.8) is 0 Å². The lowest BCUT2D eigenvalue weighted by atomic mass is 10.3. The maximum absolute atomic E-state index is 11.3. The number of aliphatic carboxylic acids is 1. The van der Waals surface area contributed by atoms with E-state index in [4.69, 9.17) is 10.8 Å². The Balaban J connectivity index is 2.45. The molecule has 0 unspecified atom stereocenters. The second-order valence-corrected chi connectivity index (χ2v) is 3.19. The summed E-state index contributed by atoms with van der Waals surface area (Å²) in [6, 6.07) is 0.148. The van der Waals surface area contributed by atoms with Crippen LogP contribution in [0.3, 0.4) is 0 Å². The predicted molar refractivity (Wildman–Crippen MR) is 46.0 cm³/mol. The summed E-state index contributed by atoms with van der Waals surface area (Å²) in [7, 11) is 0. The maximum Gasteiger partial charge on any atom is 0.323 e. The number of carboxylic acid groups (broad SMARTS) is 1.